The second-order valence-electron chi connectivity index (χ2n) is 6.19. The lowest BCUT2D eigenvalue weighted by Crippen LogP contribution is -2.62. The largest absolute Gasteiger partial charge is 0.488 e. The third-order valence-electron chi connectivity index (χ3n) is 5.19. The molecule has 3 aliphatic carbocycles. The Hall–Kier alpha value is -2.12. The van der Waals surface area contributed by atoms with Crippen LogP contribution in [-0.4, -0.2) is 24.6 Å². The van der Waals surface area contributed by atoms with Gasteiger partial charge in [0.25, 0.3) is 0 Å². The Morgan fingerprint density at radius 3 is 3.00 bits per heavy atom. The minimum Gasteiger partial charge on any atom is -0.488 e. The highest BCUT2D eigenvalue weighted by atomic mass is 16.5. The van der Waals surface area contributed by atoms with E-state index in [0.717, 1.165) is 6.42 Å². The zero-order valence-corrected chi connectivity index (χ0v) is 12.4. The molecule has 0 saturated heterocycles. The Morgan fingerprint density at radius 1 is 1.41 bits per heavy atom. The molecule has 22 heavy (non-hydrogen) atoms. The molecule has 1 spiro atoms. The van der Waals surface area contributed by atoms with Crippen molar-refractivity contribution < 1.29 is 14.3 Å². The molecule has 1 aromatic rings. The van der Waals surface area contributed by atoms with Gasteiger partial charge < -0.3 is 9.47 Å². The van der Waals surface area contributed by atoms with Crippen LogP contribution in [0.5, 0.6) is 5.75 Å². The number of rotatable bonds is 2. The lowest BCUT2D eigenvalue weighted by Gasteiger charge is -2.54. The number of carbonyl (C=O) groups is 1. The van der Waals surface area contributed by atoms with Crippen LogP contribution < -0.4 is 4.74 Å². The van der Waals surface area contributed by atoms with Crippen molar-refractivity contribution >= 4 is 5.78 Å². The summed E-state index contributed by atoms with van der Waals surface area (Å²) in [5.41, 5.74) is 0.463. The maximum absolute atomic E-state index is 13.3. The first kappa shape index (κ1) is 13.5. The molecule has 2 unspecified atom stereocenters. The van der Waals surface area contributed by atoms with Gasteiger partial charge in [0, 0.05) is 12.2 Å². The molecule has 1 saturated carbocycles. The number of hydrogen-bond donors (Lipinski definition) is 0. The molecule has 4 aliphatic rings. The Kier molecular flexibility index (Phi) is 2.88. The van der Waals surface area contributed by atoms with Gasteiger partial charge in [-0.1, -0.05) is 18.2 Å². The zero-order chi connectivity index (χ0) is 15.3. The van der Waals surface area contributed by atoms with Gasteiger partial charge in [0.05, 0.1) is 17.7 Å². The van der Waals surface area contributed by atoms with Crippen LogP contribution in [0.2, 0.25) is 0 Å². The van der Waals surface area contributed by atoms with Crippen LogP contribution in [0, 0.1) is 22.7 Å². The fraction of sp³-hybridized carbons (Fsp3) is 0.444. The maximum atomic E-state index is 13.3. The molecule has 4 nitrogen and oxygen atoms in total. The van der Waals surface area contributed by atoms with Crippen molar-refractivity contribution in [3.63, 3.8) is 0 Å². The smallest absolute Gasteiger partial charge is 0.182 e. The van der Waals surface area contributed by atoms with E-state index in [4.69, 9.17) is 9.47 Å². The number of para-hydroxylation sites is 1. The topological polar surface area (TPSA) is 59.3 Å². The molecule has 4 heteroatoms. The quantitative estimate of drug-likeness (QED) is 0.841. The third kappa shape index (κ3) is 1.57. The molecule has 1 aromatic carbocycles. The van der Waals surface area contributed by atoms with E-state index in [9.17, 15) is 10.1 Å². The predicted molar refractivity (Wildman–Crippen MR) is 79.5 cm³/mol. The molecule has 0 radical (unpaired) electrons. The van der Waals surface area contributed by atoms with Crippen molar-refractivity contribution in [2.75, 3.05) is 6.61 Å². The van der Waals surface area contributed by atoms with Gasteiger partial charge in [0.15, 0.2) is 5.78 Å². The Balaban J connectivity index is 1.91. The standard InChI is InChI=1S/C18H17NO3/c1-2-21-15-7-11-8-16-18(15,9-12(11)10-19)17(20)13-5-3-4-6-14(13)22-16/h3-6,9,11,15-16H,2,7-8H2,1H3/t11?,15-,16+,18?/m0/s1. The van der Waals surface area contributed by atoms with Gasteiger partial charge in [0.1, 0.15) is 17.3 Å². The average Bonchev–Trinajstić information content (AvgIpc) is 2.55. The summed E-state index contributed by atoms with van der Waals surface area (Å²) in [5.74, 6) is 0.813. The normalized spacial score (nSPS) is 35.0. The molecule has 0 aromatic heterocycles. The van der Waals surface area contributed by atoms with Crippen molar-refractivity contribution in [3.05, 3.63) is 41.5 Å². The van der Waals surface area contributed by atoms with Crippen molar-refractivity contribution in [1.82, 2.24) is 0 Å². The van der Waals surface area contributed by atoms with Gasteiger partial charge >= 0.3 is 0 Å². The molecule has 1 fully saturated rings. The third-order valence-corrected chi connectivity index (χ3v) is 5.19. The van der Waals surface area contributed by atoms with E-state index >= 15 is 0 Å². The van der Waals surface area contributed by atoms with Gasteiger partial charge in [-0.15, -0.1) is 0 Å². The maximum Gasteiger partial charge on any atom is 0.182 e. The van der Waals surface area contributed by atoms with Crippen LogP contribution in [0.4, 0.5) is 0 Å². The minimum absolute atomic E-state index is 0.0312. The summed E-state index contributed by atoms with van der Waals surface area (Å²) in [6.45, 7) is 2.49. The van der Waals surface area contributed by atoms with Gasteiger partial charge in [-0.3, -0.25) is 4.79 Å². The number of ether oxygens (including phenoxy) is 2. The lowest BCUT2D eigenvalue weighted by molar-refractivity contribution is -0.0987. The number of allylic oxidation sites excluding steroid dienone is 1. The number of ketones is 1. The molecule has 0 N–H and O–H groups in total. The van der Waals surface area contributed by atoms with Crippen molar-refractivity contribution in [3.8, 4) is 11.8 Å². The summed E-state index contributed by atoms with van der Waals surface area (Å²) in [5, 5.41) is 9.39. The van der Waals surface area contributed by atoms with E-state index in [-0.39, 0.29) is 23.9 Å². The van der Waals surface area contributed by atoms with E-state index in [0.29, 0.717) is 29.9 Å². The van der Waals surface area contributed by atoms with Gasteiger partial charge in [-0.05, 0) is 37.8 Å². The van der Waals surface area contributed by atoms with E-state index in [1.165, 1.54) is 0 Å². The van der Waals surface area contributed by atoms with Crippen LogP contribution in [0.3, 0.4) is 0 Å². The minimum atomic E-state index is -0.843. The first-order valence-corrected chi connectivity index (χ1v) is 7.75. The molecular weight excluding hydrogens is 278 g/mol. The molecule has 1 heterocycles. The number of nitrogens with zero attached hydrogens (tertiary/aromatic N) is 1. The summed E-state index contributed by atoms with van der Waals surface area (Å²) in [4.78, 5) is 13.3. The van der Waals surface area contributed by atoms with Gasteiger partial charge in [0.2, 0.25) is 0 Å². The van der Waals surface area contributed by atoms with E-state index in [1.807, 2.05) is 31.2 Å². The van der Waals surface area contributed by atoms with Crippen LogP contribution in [0.1, 0.15) is 30.1 Å². The highest BCUT2D eigenvalue weighted by Crippen LogP contribution is 2.55. The van der Waals surface area contributed by atoms with Crippen LogP contribution in [0.15, 0.2) is 35.9 Å². The Morgan fingerprint density at radius 2 is 2.23 bits per heavy atom. The fourth-order valence-electron chi connectivity index (χ4n) is 4.20. The van der Waals surface area contributed by atoms with Crippen LogP contribution >= 0.6 is 0 Å². The first-order valence-electron chi connectivity index (χ1n) is 7.75. The number of carbonyl (C=O) groups excluding carboxylic acids is 1. The molecule has 2 bridgehead atoms. The van der Waals surface area contributed by atoms with Crippen molar-refractivity contribution in [2.45, 2.75) is 32.0 Å². The van der Waals surface area contributed by atoms with E-state index < -0.39 is 5.41 Å². The summed E-state index contributed by atoms with van der Waals surface area (Å²) in [6.07, 6.45) is 2.83. The number of Topliss-reactive ketones (excluding diaryl/α,β-unsaturated/α-hetero) is 1. The van der Waals surface area contributed by atoms with Crippen LogP contribution in [0.25, 0.3) is 0 Å². The highest BCUT2D eigenvalue weighted by Gasteiger charge is 2.62. The van der Waals surface area contributed by atoms with E-state index in [1.54, 1.807) is 6.07 Å². The molecular formula is C18H17NO3. The molecule has 112 valence electrons. The molecule has 0 amide bonds. The Labute approximate surface area is 129 Å². The van der Waals surface area contributed by atoms with Gasteiger partial charge in [-0.25, -0.2) is 0 Å². The monoisotopic (exact) mass is 295 g/mol. The number of nitriles is 1. The number of hydrogen-bond acceptors (Lipinski definition) is 4. The molecule has 4 atom stereocenters. The fourth-order valence-corrected chi connectivity index (χ4v) is 4.20. The highest BCUT2D eigenvalue weighted by molar-refractivity contribution is 6.06. The van der Waals surface area contributed by atoms with Crippen molar-refractivity contribution in [2.24, 2.45) is 11.3 Å². The summed E-state index contributed by atoms with van der Waals surface area (Å²) < 4.78 is 12.0. The second kappa shape index (κ2) is 4.69. The Bertz CT molecular complexity index is 717. The second-order valence-corrected chi connectivity index (χ2v) is 6.19. The summed E-state index contributed by atoms with van der Waals surface area (Å²) >= 11 is 0. The zero-order valence-electron chi connectivity index (χ0n) is 12.4. The predicted octanol–water partition coefficient (Wildman–Crippen LogP) is 2.90. The van der Waals surface area contributed by atoms with Crippen LogP contribution in [-0.2, 0) is 4.74 Å². The van der Waals surface area contributed by atoms with E-state index in [2.05, 4.69) is 6.07 Å². The molecule has 5 rings (SSSR count). The van der Waals surface area contributed by atoms with Crippen molar-refractivity contribution in [1.29, 1.82) is 5.26 Å². The summed E-state index contributed by atoms with van der Waals surface area (Å²) in [6, 6.07) is 9.63. The SMILES string of the molecule is CCO[C@H]1CC2C[C@H]3Oc4ccccc4C(=O)C13C=C2C#N. The first-order chi connectivity index (χ1) is 10.7. The van der Waals surface area contributed by atoms with Gasteiger partial charge in [-0.2, -0.15) is 5.26 Å². The summed E-state index contributed by atoms with van der Waals surface area (Å²) in [7, 11) is 0. The number of benzene rings is 1. The number of fused-ring (bicyclic) bond motifs is 2. The molecule has 1 aliphatic heterocycles. The average molecular weight is 295 g/mol. The lowest BCUT2D eigenvalue weighted by atomic mass is 9.55.